The summed E-state index contributed by atoms with van der Waals surface area (Å²) in [7, 11) is 1.61. The molecule has 1 aliphatic rings. The van der Waals surface area contributed by atoms with E-state index in [2.05, 4.69) is 0 Å². The largest absolute Gasteiger partial charge is 0.497 e. The van der Waals surface area contributed by atoms with E-state index in [1.807, 2.05) is 18.2 Å². The number of nitrogens with zero attached hydrogens (tertiary/aromatic N) is 1. The van der Waals surface area contributed by atoms with Crippen LogP contribution in [0.5, 0.6) is 5.75 Å². The summed E-state index contributed by atoms with van der Waals surface area (Å²) in [6, 6.07) is 11.4. The second-order valence-electron chi connectivity index (χ2n) is 5.06. The maximum Gasteiger partial charge on any atom is 0.258 e. The smallest absolute Gasteiger partial charge is 0.258 e. The molecule has 0 aromatic heterocycles. The number of amides is 1. The Morgan fingerprint density at radius 3 is 2.67 bits per heavy atom. The van der Waals surface area contributed by atoms with Gasteiger partial charge in [0.2, 0.25) is 0 Å². The van der Waals surface area contributed by atoms with Gasteiger partial charge < -0.3 is 9.64 Å². The standard InChI is InChI=1S/C17H16FNO2/c1-21-15-9-6-12-3-2-10-19(16(12)11-15)17(20)13-4-7-14(18)8-5-13/h4-9,11H,2-3,10H2,1H3. The lowest BCUT2D eigenvalue weighted by atomic mass is 10.0. The number of hydrogen-bond acceptors (Lipinski definition) is 2. The lowest BCUT2D eigenvalue weighted by Gasteiger charge is -2.30. The number of anilines is 1. The lowest BCUT2D eigenvalue weighted by molar-refractivity contribution is 0.0985. The highest BCUT2D eigenvalue weighted by Gasteiger charge is 2.24. The molecule has 1 aliphatic heterocycles. The van der Waals surface area contributed by atoms with Crippen molar-refractivity contribution in [3.63, 3.8) is 0 Å². The van der Waals surface area contributed by atoms with Crippen LogP contribution in [0.2, 0.25) is 0 Å². The van der Waals surface area contributed by atoms with Gasteiger partial charge >= 0.3 is 0 Å². The van der Waals surface area contributed by atoms with Gasteiger partial charge in [-0.3, -0.25) is 4.79 Å². The minimum atomic E-state index is -0.340. The molecular weight excluding hydrogens is 269 g/mol. The van der Waals surface area contributed by atoms with Gasteiger partial charge in [-0.2, -0.15) is 0 Å². The monoisotopic (exact) mass is 285 g/mol. The summed E-state index contributed by atoms with van der Waals surface area (Å²) in [4.78, 5) is 14.4. The van der Waals surface area contributed by atoms with E-state index in [0.29, 0.717) is 12.1 Å². The maximum atomic E-state index is 13.0. The average molecular weight is 285 g/mol. The first-order valence-corrected chi connectivity index (χ1v) is 6.93. The molecule has 0 fully saturated rings. The number of hydrogen-bond donors (Lipinski definition) is 0. The predicted molar refractivity (Wildman–Crippen MR) is 79.4 cm³/mol. The highest BCUT2D eigenvalue weighted by atomic mass is 19.1. The van der Waals surface area contributed by atoms with Crippen LogP contribution in [0.25, 0.3) is 0 Å². The molecule has 0 atom stereocenters. The summed E-state index contributed by atoms with van der Waals surface area (Å²) in [6.07, 6.45) is 1.87. The molecule has 2 aromatic carbocycles. The normalized spacial score (nSPS) is 13.7. The molecule has 1 heterocycles. The van der Waals surface area contributed by atoms with Gasteiger partial charge in [0.15, 0.2) is 0 Å². The topological polar surface area (TPSA) is 29.5 Å². The van der Waals surface area contributed by atoms with Gasteiger partial charge in [0.1, 0.15) is 11.6 Å². The van der Waals surface area contributed by atoms with Crippen LogP contribution in [-0.2, 0) is 6.42 Å². The van der Waals surface area contributed by atoms with Crippen molar-refractivity contribution in [2.75, 3.05) is 18.6 Å². The Hall–Kier alpha value is -2.36. The van der Waals surface area contributed by atoms with E-state index in [1.54, 1.807) is 12.0 Å². The Kier molecular flexibility index (Phi) is 3.60. The SMILES string of the molecule is COc1ccc2c(c1)N(C(=O)c1ccc(F)cc1)CCC2. The van der Waals surface area contributed by atoms with Gasteiger partial charge in [0, 0.05) is 18.2 Å². The van der Waals surface area contributed by atoms with Gasteiger partial charge in [0.25, 0.3) is 5.91 Å². The molecular formula is C17H16FNO2. The molecule has 0 saturated carbocycles. The highest BCUT2D eigenvalue weighted by molar-refractivity contribution is 6.06. The fraction of sp³-hybridized carbons (Fsp3) is 0.235. The zero-order valence-corrected chi connectivity index (χ0v) is 11.8. The summed E-state index contributed by atoms with van der Waals surface area (Å²) in [5.41, 5.74) is 2.51. The molecule has 0 radical (unpaired) electrons. The van der Waals surface area contributed by atoms with E-state index in [0.717, 1.165) is 29.8 Å². The average Bonchev–Trinajstić information content (AvgIpc) is 2.54. The molecule has 3 nitrogen and oxygen atoms in total. The summed E-state index contributed by atoms with van der Waals surface area (Å²) in [6.45, 7) is 0.663. The van der Waals surface area contributed by atoms with E-state index >= 15 is 0 Å². The van der Waals surface area contributed by atoms with Crippen LogP contribution in [0.4, 0.5) is 10.1 Å². The van der Waals surface area contributed by atoms with Crippen molar-refractivity contribution in [2.45, 2.75) is 12.8 Å². The number of halogens is 1. The number of aryl methyl sites for hydroxylation is 1. The van der Waals surface area contributed by atoms with Gasteiger partial charge in [-0.25, -0.2) is 4.39 Å². The number of ether oxygens (including phenoxy) is 1. The van der Waals surface area contributed by atoms with Crippen LogP contribution >= 0.6 is 0 Å². The van der Waals surface area contributed by atoms with Crippen LogP contribution in [0, 0.1) is 5.82 Å². The minimum Gasteiger partial charge on any atom is -0.497 e. The van der Waals surface area contributed by atoms with E-state index < -0.39 is 0 Å². The second-order valence-corrected chi connectivity index (χ2v) is 5.06. The molecule has 108 valence electrons. The molecule has 21 heavy (non-hydrogen) atoms. The Bertz CT molecular complexity index is 667. The summed E-state index contributed by atoms with van der Waals surface area (Å²) < 4.78 is 18.2. The molecule has 0 saturated heterocycles. The van der Waals surface area contributed by atoms with Crippen molar-refractivity contribution < 1.29 is 13.9 Å². The van der Waals surface area contributed by atoms with E-state index in [9.17, 15) is 9.18 Å². The fourth-order valence-corrected chi connectivity index (χ4v) is 2.64. The summed E-state index contributed by atoms with van der Waals surface area (Å²) in [5.74, 6) is 0.282. The van der Waals surface area contributed by atoms with Crippen molar-refractivity contribution in [1.82, 2.24) is 0 Å². The third-order valence-corrected chi connectivity index (χ3v) is 3.75. The van der Waals surface area contributed by atoms with E-state index in [1.165, 1.54) is 24.3 Å². The predicted octanol–water partition coefficient (Wildman–Crippen LogP) is 3.43. The van der Waals surface area contributed by atoms with Gasteiger partial charge in [0.05, 0.1) is 12.8 Å². The molecule has 2 aromatic rings. The van der Waals surface area contributed by atoms with Gasteiger partial charge in [-0.1, -0.05) is 6.07 Å². The van der Waals surface area contributed by atoms with Crippen LogP contribution in [0.3, 0.4) is 0 Å². The van der Waals surface area contributed by atoms with Crippen molar-refractivity contribution >= 4 is 11.6 Å². The third-order valence-electron chi connectivity index (χ3n) is 3.75. The quantitative estimate of drug-likeness (QED) is 0.846. The number of rotatable bonds is 2. The number of fused-ring (bicyclic) bond motifs is 1. The van der Waals surface area contributed by atoms with Crippen LogP contribution in [0.1, 0.15) is 22.3 Å². The van der Waals surface area contributed by atoms with Gasteiger partial charge in [-0.15, -0.1) is 0 Å². The van der Waals surface area contributed by atoms with Crippen molar-refractivity contribution in [3.8, 4) is 5.75 Å². The Morgan fingerprint density at radius 1 is 1.19 bits per heavy atom. The Morgan fingerprint density at radius 2 is 1.95 bits per heavy atom. The number of carbonyl (C=O) groups excluding carboxylic acids is 1. The number of methoxy groups -OCH3 is 1. The molecule has 3 rings (SSSR count). The van der Waals surface area contributed by atoms with E-state index in [-0.39, 0.29) is 11.7 Å². The summed E-state index contributed by atoms with van der Waals surface area (Å²) >= 11 is 0. The van der Waals surface area contributed by atoms with Crippen LogP contribution in [-0.4, -0.2) is 19.6 Å². The van der Waals surface area contributed by atoms with Crippen LogP contribution in [0.15, 0.2) is 42.5 Å². The van der Waals surface area contributed by atoms with Crippen molar-refractivity contribution in [3.05, 3.63) is 59.4 Å². The first-order valence-electron chi connectivity index (χ1n) is 6.93. The van der Waals surface area contributed by atoms with Crippen molar-refractivity contribution in [2.24, 2.45) is 0 Å². The Balaban J connectivity index is 1.97. The zero-order valence-electron chi connectivity index (χ0n) is 11.8. The van der Waals surface area contributed by atoms with Crippen LogP contribution < -0.4 is 9.64 Å². The molecule has 0 spiro atoms. The van der Waals surface area contributed by atoms with E-state index in [4.69, 9.17) is 4.74 Å². The first kappa shape index (κ1) is 13.6. The Labute approximate surface area is 123 Å². The summed E-state index contributed by atoms with van der Waals surface area (Å²) in [5, 5.41) is 0. The van der Waals surface area contributed by atoms with Gasteiger partial charge in [-0.05, 0) is 48.7 Å². The molecule has 4 heteroatoms. The second kappa shape index (κ2) is 5.56. The molecule has 0 aliphatic carbocycles. The molecule has 0 N–H and O–H groups in total. The maximum absolute atomic E-state index is 13.0. The first-order chi connectivity index (χ1) is 10.2. The zero-order chi connectivity index (χ0) is 14.8. The number of carbonyl (C=O) groups is 1. The minimum absolute atomic E-state index is 0.107. The fourth-order valence-electron chi connectivity index (χ4n) is 2.64. The molecule has 0 bridgehead atoms. The lowest BCUT2D eigenvalue weighted by Crippen LogP contribution is -2.35. The van der Waals surface area contributed by atoms with Crippen molar-refractivity contribution in [1.29, 1.82) is 0 Å². The third kappa shape index (κ3) is 2.61. The molecule has 1 amide bonds. The highest BCUT2D eigenvalue weighted by Crippen LogP contribution is 2.31. The number of benzene rings is 2. The molecule has 0 unspecified atom stereocenters.